The van der Waals surface area contributed by atoms with E-state index in [9.17, 15) is 13.2 Å². The number of benzene rings is 2. The summed E-state index contributed by atoms with van der Waals surface area (Å²) in [5.41, 5.74) is 7.42. The van der Waals surface area contributed by atoms with Gasteiger partial charge in [-0.05, 0) is 42.5 Å². The van der Waals surface area contributed by atoms with Crippen LogP contribution in [0.4, 0.5) is 30.2 Å². The van der Waals surface area contributed by atoms with Crippen molar-refractivity contribution in [1.29, 1.82) is 0 Å². The quantitative estimate of drug-likeness (QED) is 0.621. The van der Waals surface area contributed by atoms with E-state index in [2.05, 4.69) is 15.3 Å². The molecule has 29 heavy (non-hydrogen) atoms. The molecule has 4 rings (SSSR count). The van der Waals surface area contributed by atoms with Crippen molar-refractivity contribution in [3.8, 4) is 17.1 Å². The number of nitrogens with two attached hydrogens (primary N) is 1. The lowest BCUT2D eigenvalue weighted by Crippen LogP contribution is -2.38. The van der Waals surface area contributed by atoms with Crippen LogP contribution in [0.3, 0.4) is 0 Å². The molecule has 3 aromatic rings. The van der Waals surface area contributed by atoms with E-state index >= 15 is 0 Å². The molecular weight excluding hydrogens is 385 g/mol. The van der Waals surface area contributed by atoms with Crippen molar-refractivity contribution in [2.24, 2.45) is 0 Å². The van der Waals surface area contributed by atoms with Gasteiger partial charge in [0.2, 0.25) is 0 Å². The maximum Gasteiger partial charge on any atom is 0.416 e. The van der Waals surface area contributed by atoms with Gasteiger partial charge in [-0.2, -0.15) is 13.2 Å². The summed E-state index contributed by atoms with van der Waals surface area (Å²) in [5.74, 6) is 0.937. The average Bonchev–Trinajstić information content (AvgIpc) is 2.66. The van der Waals surface area contributed by atoms with Crippen LogP contribution in [-0.4, -0.2) is 29.3 Å². The smallest absolute Gasteiger partial charge is 0.416 e. The van der Waals surface area contributed by atoms with E-state index in [1.165, 1.54) is 12.1 Å². The van der Waals surface area contributed by atoms with Crippen molar-refractivity contribution >= 4 is 17.1 Å². The van der Waals surface area contributed by atoms with Gasteiger partial charge in [0, 0.05) is 22.6 Å². The zero-order valence-electron chi connectivity index (χ0n) is 15.1. The summed E-state index contributed by atoms with van der Waals surface area (Å²) in [7, 11) is 0. The molecule has 1 fully saturated rings. The lowest BCUT2D eigenvalue weighted by atomic mass is 10.1. The van der Waals surface area contributed by atoms with Gasteiger partial charge < -0.3 is 20.5 Å². The van der Waals surface area contributed by atoms with Gasteiger partial charge in [0.15, 0.2) is 11.6 Å². The highest BCUT2D eigenvalue weighted by Gasteiger charge is 2.30. The monoisotopic (exact) mass is 402 g/mol. The predicted molar refractivity (Wildman–Crippen MR) is 102 cm³/mol. The van der Waals surface area contributed by atoms with Crippen LogP contribution in [0.15, 0.2) is 54.9 Å². The second-order valence-corrected chi connectivity index (χ2v) is 6.52. The fraction of sp³-hybridized carbons (Fsp3) is 0.200. The fourth-order valence-electron chi connectivity index (χ4n) is 2.74. The second kappa shape index (κ2) is 7.59. The minimum Gasteiger partial charge on any atom is -0.482 e. The van der Waals surface area contributed by atoms with Crippen LogP contribution in [0.2, 0.25) is 0 Å². The Kier molecular flexibility index (Phi) is 4.98. The largest absolute Gasteiger partial charge is 0.482 e. The Bertz CT molecular complexity index is 988. The number of hydrogen-bond acceptors (Lipinski definition) is 6. The van der Waals surface area contributed by atoms with Gasteiger partial charge in [-0.25, -0.2) is 9.97 Å². The van der Waals surface area contributed by atoms with Crippen LogP contribution in [-0.2, 0) is 10.9 Å². The molecule has 0 amide bonds. The van der Waals surface area contributed by atoms with Crippen LogP contribution in [0.25, 0.3) is 11.4 Å². The minimum absolute atomic E-state index is 0.00807. The molecule has 1 aliphatic rings. The number of hydrogen-bond donors (Lipinski definition) is 2. The zero-order chi connectivity index (χ0) is 20.4. The van der Waals surface area contributed by atoms with Gasteiger partial charge in [-0.15, -0.1) is 0 Å². The first-order valence-corrected chi connectivity index (χ1v) is 8.79. The molecule has 2 heterocycles. The number of ether oxygens (including phenoxy) is 2. The Balaban J connectivity index is 1.57. The molecule has 1 aromatic heterocycles. The highest BCUT2D eigenvalue weighted by atomic mass is 19.4. The lowest BCUT2D eigenvalue weighted by Gasteiger charge is -2.26. The van der Waals surface area contributed by atoms with E-state index in [0.717, 1.165) is 12.1 Å². The van der Waals surface area contributed by atoms with E-state index in [4.69, 9.17) is 15.2 Å². The summed E-state index contributed by atoms with van der Waals surface area (Å²) in [6.45, 7) is 1.08. The van der Waals surface area contributed by atoms with Crippen molar-refractivity contribution in [3.05, 3.63) is 60.4 Å². The Labute approximate surface area is 164 Å². The zero-order valence-corrected chi connectivity index (χ0v) is 15.1. The predicted octanol–water partition coefficient (Wildman–Crippen LogP) is 4.27. The van der Waals surface area contributed by atoms with E-state index in [0.29, 0.717) is 47.4 Å². The number of nitrogens with one attached hydrogen (secondary N) is 1. The summed E-state index contributed by atoms with van der Waals surface area (Å²) in [5, 5.41) is 3.09. The molecule has 9 heteroatoms. The second-order valence-electron chi connectivity index (χ2n) is 6.52. The average molecular weight is 402 g/mol. The van der Waals surface area contributed by atoms with Gasteiger partial charge in [-0.1, -0.05) is 0 Å². The van der Waals surface area contributed by atoms with Crippen LogP contribution < -0.4 is 15.8 Å². The summed E-state index contributed by atoms with van der Waals surface area (Å²) < 4.78 is 48.9. The lowest BCUT2D eigenvalue weighted by molar-refractivity contribution is -0.137. The Morgan fingerprint density at radius 3 is 2.31 bits per heavy atom. The van der Waals surface area contributed by atoms with Crippen molar-refractivity contribution in [2.45, 2.75) is 12.3 Å². The van der Waals surface area contributed by atoms with Crippen molar-refractivity contribution in [3.63, 3.8) is 0 Å². The number of anilines is 3. The molecule has 6 nitrogen and oxygen atoms in total. The molecule has 1 saturated heterocycles. The van der Waals surface area contributed by atoms with E-state index in [1.54, 1.807) is 30.6 Å². The maximum atomic E-state index is 12.7. The maximum absolute atomic E-state index is 12.7. The minimum atomic E-state index is -4.38. The fourth-order valence-corrected chi connectivity index (χ4v) is 2.74. The molecule has 0 atom stereocenters. The standard InChI is InChI=1S/C20H17F3N4O2/c21-20(22,23)12-1-4-14(5-2-12)27-18-6-3-13(24)7-17(18)19-25-8-15(9-26-19)29-16-10-28-11-16/h1-9,16,27H,10-11,24H2. The highest BCUT2D eigenvalue weighted by molar-refractivity contribution is 5.80. The van der Waals surface area contributed by atoms with Crippen LogP contribution >= 0.6 is 0 Å². The van der Waals surface area contributed by atoms with E-state index in [1.807, 2.05) is 0 Å². The molecule has 0 unspecified atom stereocenters. The van der Waals surface area contributed by atoms with E-state index < -0.39 is 11.7 Å². The third kappa shape index (κ3) is 4.40. The third-order valence-corrected chi connectivity index (χ3v) is 4.31. The number of nitrogen functional groups attached to an aromatic ring is 1. The summed E-state index contributed by atoms with van der Waals surface area (Å²) >= 11 is 0. The molecule has 0 spiro atoms. The molecule has 0 aliphatic carbocycles. The number of aromatic nitrogens is 2. The molecule has 0 bridgehead atoms. The molecule has 1 aliphatic heterocycles. The van der Waals surface area contributed by atoms with Crippen molar-refractivity contribution in [1.82, 2.24) is 9.97 Å². The Morgan fingerprint density at radius 1 is 1.03 bits per heavy atom. The summed E-state index contributed by atoms with van der Waals surface area (Å²) in [6.07, 6.45) is -1.25. The Morgan fingerprint density at radius 2 is 1.72 bits per heavy atom. The van der Waals surface area contributed by atoms with Crippen molar-refractivity contribution < 1.29 is 22.6 Å². The third-order valence-electron chi connectivity index (χ3n) is 4.31. The first kappa shape index (κ1) is 19.0. The topological polar surface area (TPSA) is 82.3 Å². The normalized spacial score (nSPS) is 14.3. The molecule has 0 saturated carbocycles. The van der Waals surface area contributed by atoms with Gasteiger partial charge in [-0.3, -0.25) is 0 Å². The highest BCUT2D eigenvalue weighted by Crippen LogP contribution is 2.33. The number of alkyl halides is 3. The number of nitrogens with zero attached hydrogens (tertiary/aromatic N) is 2. The molecule has 3 N–H and O–H groups in total. The SMILES string of the molecule is Nc1ccc(Nc2ccc(C(F)(F)F)cc2)c(-c2ncc(OC3COC3)cn2)c1. The van der Waals surface area contributed by atoms with Crippen molar-refractivity contribution in [2.75, 3.05) is 24.3 Å². The molecule has 150 valence electrons. The first-order valence-electron chi connectivity index (χ1n) is 8.79. The molecular formula is C20H17F3N4O2. The Hall–Kier alpha value is -3.33. The molecule has 0 radical (unpaired) electrons. The van der Waals surface area contributed by atoms with Gasteiger partial charge >= 0.3 is 6.18 Å². The van der Waals surface area contributed by atoms with Gasteiger partial charge in [0.05, 0.1) is 31.2 Å². The van der Waals surface area contributed by atoms with Gasteiger partial charge in [0.25, 0.3) is 0 Å². The van der Waals surface area contributed by atoms with Gasteiger partial charge in [0.1, 0.15) is 6.10 Å². The number of halogens is 3. The van der Waals surface area contributed by atoms with Crippen LogP contribution in [0, 0.1) is 0 Å². The summed E-state index contributed by atoms with van der Waals surface area (Å²) in [4.78, 5) is 8.66. The number of rotatable bonds is 5. The summed E-state index contributed by atoms with van der Waals surface area (Å²) in [6, 6.07) is 9.87. The van der Waals surface area contributed by atoms with E-state index in [-0.39, 0.29) is 6.10 Å². The molecule has 2 aromatic carbocycles. The first-order chi connectivity index (χ1) is 13.9. The van der Waals surface area contributed by atoms with Crippen LogP contribution in [0.5, 0.6) is 5.75 Å². The van der Waals surface area contributed by atoms with Crippen LogP contribution in [0.1, 0.15) is 5.56 Å².